The summed E-state index contributed by atoms with van der Waals surface area (Å²) in [5.74, 6) is -0.532. The Kier molecular flexibility index (Phi) is 10.7. The van der Waals surface area contributed by atoms with Crippen molar-refractivity contribution in [1.82, 2.24) is 34.2 Å². The first-order chi connectivity index (χ1) is 28.7. The summed E-state index contributed by atoms with van der Waals surface area (Å²) in [7, 11) is 0. The summed E-state index contributed by atoms with van der Waals surface area (Å²) >= 11 is 0. The molecule has 15 heteroatoms. The Balaban J connectivity index is 0.706. The predicted octanol–water partition coefficient (Wildman–Crippen LogP) is 5.02. The smallest absolute Gasteiger partial charge is 0.408 e. The Bertz CT molecular complexity index is 2510. The van der Waals surface area contributed by atoms with Crippen LogP contribution in [0, 0.1) is 17.7 Å². The number of pyridine rings is 1. The molecule has 3 saturated heterocycles. The van der Waals surface area contributed by atoms with Crippen molar-refractivity contribution in [3.8, 4) is 16.9 Å². The lowest BCUT2D eigenvalue weighted by molar-refractivity contribution is -0.140. The van der Waals surface area contributed by atoms with Crippen LogP contribution in [-0.2, 0) is 14.4 Å². The van der Waals surface area contributed by atoms with Crippen LogP contribution in [-0.4, -0.2) is 85.4 Å². The number of piperidine rings is 3. The number of likely N-dealkylation sites (tertiary alicyclic amines) is 2. The van der Waals surface area contributed by atoms with Gasteiger partial charge in [-0.25, -0.2) is 19.2 Å². The third kappa shape index (κ3) is 8.07. The molecule has 4 fully saturated rings. The zero-order valence-corrected chi connectivity index (χ0v) is 32.7. The minimum absolute atomic E-state index is 0.0220. The van der Waals surface area contributed by atoms with Crippen molar-refractivity contribution in [2.24, 2.45) is 11.8 Å². The Morgan fingerprint density at radius 1 is 0.915 bits per heavy atom. The number of imide groups is 1. The number of halogens is 1. The normalized spacial score (nSPS) is 22.0. The molecule has 1 saturated carbocycles. The molecule has 5 aromatic rings. The number of carbonyl (C=O) groups is 3. The van der Waals surface area contributed by atoms with E-state index in [9.17, 15) is 28.4 Å². The van der Waals surface area contributed by atoms with E-state index in [2.05, 4.69) is 25.5 Å². The van der Waals surface area contributed by atoms with Gasteiger partial charge in [-0.05, 0) is 119 Å². The standard InChI is InChI=1S/C44H47FN8O6/c45-34-26-46-43(49-40(34)30-4-3-5-33(24-30)52-16-2-1-6-39(52)55)47-32-22-31(23-32)42(57)51-20-12-27(13-21-51)11-17-50-18-14-28(15-19-50)29-7-8-35-37(25-29)59-44(58)53(35)36-9-10-38(54)48-41(36)56/h1-8,16,24-28,31-32,36H,9-15,17-23H2,(H,46,47,49)(H,48,54,56). The number of nitrogens with zero attached hydrogens (tertiary/aromatic N) is 6. The van der Waals surface area contributed by atoms with E-state index >= 15 is 0 Å². The zero-order valence-electron chi connectivity index (χ0n) is 32.7. The van der Waals surface area contributed by atoms with Gasteiger partial charge >= 0.3 is 5.76 Å². The summed E-state index contributed by atoms with van der Waals surface area (Å²) in [6.07, 6.45) is 9.77. The van der Waals surface area contributed by atoms with Crippen molar-refractivity contribution in [2.45, 2.75) is 75.8 Å². The van der Waals surface area contributed by atoms with Gasteiger partial charge in [0, 0.05) is 55.0 Å². The minimum atomic E-state index is -0.753. The van der Waals surface area contributed by atoms with Crippen LogP contribution < -0.4 is 21.9 Å². The molecule has 3 aliphatic heterocycles. The molecule has 0 spiro atoms. The molecule has 6 heterocycles. The van der Waals surface area contributed by atoms with E-state index in [-0.39, 0.29) is 47.9 Å². The van der Waals surface area contributed by atoms with Crippen LogP contribution in [0.15, 0.2) is 87.1 Å². The maximum atomic E-state index is 14.9. The topological polar surface area (TPSA) is 165 Å². The van der Waals surface area contributed by atoms with Gasteiger partial charge in [0.05, 0.1) is 11.7 Å². The lowest BCUT2D eigenvalue weighted by Gasteiger charge is -2.40. The van der Waals surface area contributed by atoms with E-state index in [1.54, 1.807) is 42.6 Å². The second-order valence-electron chi connectivity index (χ2n) is 16.5. The molecule has 1 unspecified atom stereocenters. The molecule has 306 valence electrons. The van der Waals surface area contributed by atoms with Gasteiger partial charge in [0.25, 0.3) is 5.56 Å². The van der Waals surface area contributed by atoms with E-state index < -0.39 is 23.5 Å². The first kappa shape index (κ1) is 38.6. The van der Waals surface area contributed by atoms with Crippen LogP contribution in [0.2, 0.25) is 0 Å². The molecular weight excluding hydrogens is 756 g/mol. The molecule has 2 N–H and O–H groups in total. The van der Waals surface area contributed by atoms with Crippen molar-refractivity contribution >= 4 is 34.8 Å². The number of fused-ring (bicyclic) bond motifs is 1. The van der Waals surface area contributed by atoms with Crippen LogP contribution in [0.25, 0.3) is 28.0 Å². The van der Waals surface area contributed by atoms with E-state index in [4.69, 9.17) is 4.42 Å². The summed E-state index contributed by atoms with van der Waals surface area (Å²) in [5.41, 5.74) is 3.26. The summed E-state index contributed by atoms with van der Waals surface area (Å²) in [6, 6.07) is 17.0. The van der Waals surface area contributed by atoms with Crippen LogP contribution in [0.4, 0.5) is 10.3 Å². The third-order valence-electron chi connectivity index (χ3n) is 12.8. The number of hydrogen-bond donors (Lipinski definition) is 2. The largest absolute Gasteiger partial charge is 0.420 e. The molecule has 0 radical (unpaired) electrons. The third-order valence-corrected chi connectivity index (χ3v) is 12.8. The van der Waals surface area contributed by atoms with Crippen LogP contribution in [0.3, 0.4) is 0 Å². The van der Waals surface area contributed by atoms with Gasteiger partial charge in [-0.1, -0.05) is 24.3 Å². The van der Waals surface area contributed by atoms with Gasteiger partial charge in [-0.2, -0.15) is 0 Å². The van der Waals surface area contributed by atoms with Crippen molar-refractivity contribution in [3.05, 3.63) is 105 Å². The maximum absolute atomic E-state index is 14.9. The van der Waals surface area contributed by atoms with Gasteiger partial charge < -0.3 is 19.5 Å². The second-order valence-corrected chi connectivity index (χ2v) is 16.5. The van der Waals surface area contributed by atoms with E-state index in [0.717, 1.165) is 76.6 Å². The molecule has 0 bridgehead atoms. The molecule has 59 heavy (non-hydrogen) atoms. The number of aromatic nitrogens is 4. The lowest BCUT2D eigenvalue weighted by atomic mass is 9.78. The highest BCUT2D eigenvalue weighted by Crippen LogP contribution is 2.35. The van der Waals surface area contributed by atoms with Crippen molar-refractivity contribution < 1.29 is 23.2 Å². The average Bonchev–Trinajstić information content (AvgIpc) is 3.56. The molecule has 4 aliphatic rings. The Morgan fingerprint density at radius 3 is 2.51 bits per heavy atom. The molecular formula is C44H47FN8O6. The first-order valence-electron chi connectivity index (χ1n) is 20.7. The molecule has 3 aromatic heterocycles. The fourth-order valence-electron chi connectivity index (χ4n) is 9.29. The van der Waals surface area contributed by atoms with E-state index in [0.29, 0.717) is 53.0 Å². The van der Waals surface area contributed by atoms with E-state index in [1.807, 2.05) is 23.1 Å². The van der Waals surface area contributed by atoms with Gasteiger partial charge in [0.1, 0.15) is 11.7 Å². The number of rotatable bonds is 10. The number of nitrogens with one attached hydrogen (secondary N) is 2. The highest BCUT2D eigenvalue weighted by molar-refractivity contribution is 6.00. The number of carbonyl (C=O) groups excluding carboxylic acids is 3. The number of hydrogen-bond acceptors (Lipinski definition) is 10. The van der Waals surface area contributed by atoms with Gasteiger partial charge in [-0.3, -0.25) is 33.6 Å². The minimum Gasteiger partial charge on any atom is -0.408 e. The zero-order chi connectivity index (χ0) is 40.6. The molecule has 1 aliphatic carbocycles. The molecule has 3 amide bonds. The number of anilines is 1. The van der Waals surface area contributed by atoms with Crippen LogP contribution in [0.5, 0.6) is 0 Å². The van der Waals surface area contributed by atoms with Crippen LogP contribution >= 0.6 is 0 Å². The van der Waals surface area contributed by atoms with E-state index in [1.165, 1.54) is 15.2 Å². The summed E-state index contributed by atoms with van der Waals surface area (Å²) < 4.78 is 23.4. The van der Waals surface area contributed by atoms with Crippen molar-refractivity contribution in [2.75, 3.05) is 38.0 Å². The summed E-state index contributed by atoms with van der Waals surface area (Å²) in [5, 5.41) is 5.62. The second kappa shape index (κ2) is 16.4. The average molecular weight is 803 g/mol. The van der Waals surface area contributed by atoms with Crippen molar-refractivity contribution in [3.63, 3.8) is 0 Å². The van der Waals surface area contributed by atoms with Crippen LogP contribution in [0.1, 0.15) is 75.3 Å². The Labute approximate surface area is 339 Å². The first-order valence-corrected chi connectivity index (χ1v) is 20.7. The SMILES string of the molecule is O=C1CCC(n2c(=O)oc3cc(C4CCN(CCC5CCN(C(=O)C6CC(Nc7ncc(F)c(-c8cccc(-n9ccccc9=O)c8)n7)C6)CC5)CC4)ccc32)C(=O)N1. The predicted molar refractivity (Wildman–Crippen MR) is 217 cm³/mol. The fraction of sp³-hybridized carbons (Fsp3) is 0.432. The molecule has 1 atom stereocenters. The fourth-order valence-corrected chi connectivity index (χ4v) is 9.29. The maximum Gasteiger partial charge on any atom is 0.420 e. The van der Waals surface area contributed by atoms with Gasteiger partial charge in [-0.15, -0.1) is 0 Å². The Morgan fingerprint density at radius 2 is 1.73 bits per heavy atom. The quantitative estimate of drug-likeness (QED) is 0.183. The number of amides is 3. The van der Waals surface area contributed by atoms with Gasteiger partial charge in [0.2, 0.25) is 23.7 Å². The molecule has 9 rings (SSSR count). The molecule has 2 aromatic carbocycles. The Hall–Kier alpha value is -5.96. The summed E-state index contributed by atoms with van der Waals surface area (Å²) in [4.78, 5) is 75.8. The lowest BCUT2D eigenvalue weighted by Crippen LogP contribution is -2.48. The molecule has 14 nitrogen and oxygen atoms in total. The van der Waals surface area contributed by atoms with Crippen molar-refractivity contribution in [1.29, 1.82) is 0 Å². The number of benzene rings is 2. The highest BCUT2D eigenvalue weighted by atomic mass is 19.1. The van der Waals surface area contributed by atoms with Gasteiger partial charge in [0.15, 0.2) is 11.4 Å². The highest BCUT2D eigenvalue weighted by Gasteiger charge is 2.38. The number of oxazole rings is 1. The monoisotopic (exact) mass is 802 g/mol. The summed E-state index contributed by atoms with van der Waals surface area (Å²) in [6.45, 7) is 4.58.